The molecule has 0 unspecified atom stereocenters. The highest BCUT2D eigenvalue weighted by molar-refractivity contribution is 14.1. The molecule has 1 rings (SSSR count). The number of ether oxygens (including phenoxy) is 1. The maximum Gasteiger partial charge on any atom is 0.124 e. The van der Waals surface area contributed by atoms with Crippen LogP contribution in [0.15, 0.2) is 18.2 Å². The van der Waals surface area contributed by atoms with E-state index in [1.54, 1.807) is 13.2 Å². The van der Waals surface area contributed by atoms with Crippen LogP contribution in [-0.4, -0.2) is 20.3 Å². The van der Waals surface area contributed by atoms with Crippen LogP contribution in [0.2, 0.25) is 0 Å². The quantitative estimate of drug-likeness (QED) is 0.665. The first-order valence-electron chi connectivity index (χ1n) is 4.37. The molecule has 1 aromatic rings. The second-order valence-corrected chi connectivity index (χ2v) is 4.07. The van der Waals surface area contributed by atoms with Crippen LogP contribution in [0.5, 0.6) is 0 Å². The first kappa shape index (κ1) is 11.9. The zero-order chi connectivity index (χ0) is 10.4. The van der Waals surface area contributed by atoms with Crippen molar-refractivity contribution in [1.29, 1.82) is 0 Å². The number of rotatable bonds is 5. The minimum Gasteiger partial charge on any atom is -0.383 e. The maximum atomic E-state index is 12.7. The van der Waals surface area contributed by atoms with Gasteiger partial charge in [0.05, 0.1) is 6.61 Å². The summed E-state index contributed by atoms with van der Waals surface area (Å²) in [6.45, 7) is 2.25. The summed E-state index contributed by atoms with van der Waals surface area (Å²) in [6.07, 6.45) is 0. The third kappa shape index (κ3) is 3.89. The van der Waals surface area contributed by atoms with Gasteiger partial charge in [0.25, 0.3) is 0 Å². The summed E-state index contributed by atoms with van der Waals surface area (Å²) >= 11 is 2.14. The van der Waals surface area contributed by atoms with E-state index in [0.717, 1.165) is 22.2 Å². The van der Waals surface area contributed by atoms with Gasteiger partial charge >= 0.3 is 0 Å². The van der Waals surface area contributed by atoms with E-state index >= 15 is 0 Å². The highest BCUT2D eigenvalue weighted by Gasteiger charge is 2.00. The summed E-state index contributed by atoms with van der Waals surface area (Å²) < 4.78 is 18.6. The van der Waals surface area contributed by atoms with E-state index in [9.17, 15) is 4.39 Å². The van der Waals surface area contributed by atoms with Gasteiger partial charge in [0.15, 0.2) is 0 Å². The number of halogens is 2. The molecule has 0 amide bonds. The highest BCUT2D eigenvalue weighted by atomic mass is 127. The minimum absolute atomic E-state index is 0.185. The standard InChI is InChI=1S/C10H13FINO/c1-14-5-4-13-7-8-2-3-9(11)6-10(8)12/h2-3,6,13H,4-5,7H2,1H3. The van der Waals surface area contributed by atoms with Gasteiger partial charge in [-0.2, -0.15) is 0 Å². The molecular formula is C10H13FINO. The van der Waals surface area contributed by atoms with Gasteiger partial charge in [-0.1, -0.05) is 6.07 Å². The van der Waals surface area contributed by atoms with Crippen LogP contribution in [0, 0.1) is 9.39 Å². The van der Waals surface area contributed by atoms with Crippen molar-refractivity contribution in [2.45, 2.75) is 6.54 Å². The smallest absolute Gasteiger partial charge is 0.124 e. The highest BCUT2D eigenvalue weighted by Crippen LogP contribution is 2.13. The topological polar surface area (TPSA) is 21.3 Å². The first-order chi connectivity index (χ1) is 6.74. The lowest BCUT2D eigenvalue weighted by Crippen LogP contribution is -2.19. The molecule has 14 heavy (non-hydrogen) atoms. The van der Waals surface area contributed by atoms with E-state index in [0.29, 0.717) is 6.61 Å². The summed E-state index contributed by atoms with van der Waals surface area (Å²) in [6, 6.07) is 4.82. The summed E-state index contributed by atoms with van der Waals surface area (Å²) in [5.74, 6) is -0.185. The van der Waals surface area contributed by atoms with E-state index in [1.165, 1.54) is 12.1 Å². The number of hydrogen-bond acceptors (Lipinski definition) is 2. The van der Waals surface area contributed by atoms with Crippen LogP contribution in [0.4, 0.5) is 4.39 Å². The lowest BCUT2D eigenvalue weighted by molar-refractivity contribution is 0.199. The van der Waals surface area contributed by atoms with Crippen molar-refractivity contribution in [2.24, 2.45) is 0 Å². The van der Waals surface area contributed by atoms with Gasteiger partial charge in [0, 0.05) is 23.8 Å². The normalized spacial score (nSPS) is 10.5. The van der Waals surface area contributed by atoms with Gasteiger partial charge in [0.1, 0.15) is 5.82 Å². The van der Waals surface area contributed by atoms with E-state index in [2.05, 4.69) is 27.9 Å². The minimum atomic E-state index is -0.185. The van der Waals surface area contributed by atoms with E-state index in [4.69, 9.17) is 4.74 Å². The fourth-order valence-corrected chi connectivity index (χ4v) is 1.73. The second-order valence-electron chi connectivity index (χ2n) is 2.91. The Labute approximate surface area is 97.0 Å². The average Bonchev–Trinajstić information content (AvgIpc) is 2.15. The molecule has 0 saturated heterocycles. The third-order valence-corrected chi connectivity index (χ3v) is 2.82. The fourth-order valence-electron chi connectivity index (χ4n) is 1.06. The predicted octanol–water partition coefficient (Wildman–Crippen LogP) is 2.17. The van der Waals surface area contributed by atoms with Gasteiger partial charge in [-0.05, 0) is 40.3 Å². The van der Waals surface area contributed by atoms with E-state index in [1.807, 2.05) is 0 Å². The van der Waals surface area contributed by atoms with Crippen molar-refractivity contribution < 1.29 is 9.13 Å². The van der Waals surface area contributed by atoms with Crippen LogP contribution in [0.1, 0.15) is 5.56 Å². The molecule has 1 aromatic carbocycles. The Morgan fingerprint density at radius 1 is 1.50 bits per heavy atom. The molecule has 0 bridgehead atoms. The average molecular weight is 309 g/mol. The number of hydrogen-bond donors (Lipinski definition) is 1. The number of benzene rings is 1. The lowest BCUT2D eigenvalue weighted by atomic mass is 10.2. The summed E-state index contributed by atoms with van der Waals surface area (Å²) in [4.78, 5) is 0. The molecule has 0 heterocycles. The molecule has 0 aliphatic rings. The molecule has 4 heteroatoms. The van der Waals surface area contributed by atoms with Crippen molar-refractivity contribution in [3.63, 3.8) is 0 Å². The van der Waals surface area contributed by atoms with Gasteiger partial charge in [-0.15, -0.1) is 0 Å². The van der Waals surface area contributed by atoms with E-state index in [-0.39, 0.29) is 5.82 Å². The van der Waals surface area contributed by atoms with Crippen LogP contribution < -0.4 is 5.32 Å². The van der Waals surface area contributed by atoms with Crippen LogP contribution in [-0.2, 0) is 11.3 Å². The first-order valence-corrected chi connectivity index (χ1v) is 5.45. The van der Waals surface area contributed by atoms with Crippen molar-refractivity contribution in [2.75, 3.05) is 20.3 Å². The Bertz CT molecular complexity index is 293. The number of nitrogens with one attached hydrogen (secondary N) is 1. The Morgan fingerprint density at radius 2 is 2.29 bits per heavy atom. The van der Waals surface area contributed by atoms with Crippen molar-refractivity contribution in [3.8, 4) is 0 Å². The van der Waals surface area contributed by atoms with Gasteiger partial charge < -0.3 is 10.1 Å². The molecular weight excluding hydrogens is 296 g/mol. The Morgan fingerprint density at radius 3 is 2.93 bits per heavy atom. The molecule has 0 spiro atoms. The fraction of sp³-hybridized carbons (Fsp3) is 0.400. The molecule has 0 aliphatic carbocycles. The molecule has 78 valence electrons. The molecule has 0 aliphatic heterocycles. The van der Waals surface area contributed by atoms with Crippen LogP contribution in [0.25, 0.3) is 0 Å². The summed E-state index contributed by atoms with van der Waals surface area (Å²) in [5, 5.41) is 3.21. The largest absolute Gasteiger partial charge is 0.383 e. The summed E-state index contributed by atoms with van der Waals surface area (Å²) in [7, 11) is 1.67. The number of methoxy groups -OCH3 is 1. The molecule has 0 atom stereocenters. The molecule has 2 nitrogen and oxygen atoms in total. The van der Waals surface area contributed by atoms with Gasteiger partial charge in [-0.3, -0.25) is 0 Å². The lowest BCUT2D eigenvalue weighted by Gasteiger charge is -2.06. The van der Waals surface area contributed by atoms with Gasteiger partial charge in [-0.25, -0.2) is 4.39 Å². The third-order valence-electron chi connectivity index (χ3n) is 1.81. The zero-order valence-electron chi connectivity index (χ0n) is 8.02. The second kappa shape index (κ2) is 6.31. The van der Waals surface area contributed by atoms with Crippen molar-refractivity contribution in [1.82, 2.24) is 5.32 Å². The van der Waals surface area contributed by atoms with Crippen molar-refractivity contribution in [3.05, 3.63) is 33.1 Å². The Hall–Kier alpha value is -0.200. The van der Waals surface area contributed by atoms with Gasteiger partial charge in [0.2, 0.25) is 0 Å². The Balaban J connectivity index is 2.42. The van der Waals surface area contributed by atoms with Crippen LogP contribution in [0.3, 0.4) is 0 Å². The van der Waals surface area contributed by atoms with Crippen molar-refractivity contribution >= 4 is 22.6 Å². The predicted molar refractivity (Wildman–Crippen MR) is 62.7 cm³/mol. The van der Waals surface area contributed by atoms with E-state index < -0.39 is 0 Å². The maximum absolute atomic E-state index is 12.7. The molecule has 0 fully saturated rings. The van der Waals surface area contributed by atoms with Crippen LogP contribution >= 0.6 is 22.6 Å². The molecule has 0 radical (unpaired) electrons. The summed E-state index contributed by atoms with van der Waals surface area (Å²) in [5.41, 5.74) is 1.11. The molecule has 0 aromatic heterocycles. The zero-order valence-corrected chi connectivity index (χ0v) is 10.2. The molecule has 1 N–H and O–H groups in total. The Kier molecular flexibility index (Phi) is 5.36. The SMILES string of the molecule is COCCNCc1ccc(F)cc1I. The monoisotopic (exact) mass is 309 g/mol. The molecule has 0 saturated carbocycles.